The number of aryl methyl sites for hydroxylation is 1. The van der Waals surface area contributed by atoms with Gasteiger partial charge < -0.3 is 4.52 Å². The molecule has 3 aromatic rings. The highest BCUT2D eigenvalue weighted by Gasteiger charge is 2.30. The highest BCUT2D eigenvalue weighted by molar-refractivity contribution is 9.10. The third-order valence-electron chi connectivity index (χ3n) is 4.84. The first-order valence-electron chi connectivity index (χ1n) is 8.72. The molecule has 0 amide bonds. The van der Waals surface area contributed by atoms with Crippen LogP contribution in [-0.2, 0) is 13.0 Å². The molecule has 0 saturated carbocycles. The molecule has 0 aliphatic carbocycles. The number of aromatic nitrogens is 3. The number of rotatable bonds is 5. The maximum Gasteiger partial charge on any atom is 0.154 e. The van der Waals surface area contributed by atoms with Gasteiger partial charge in [-0.25, -0.2) is 0 Å². The molecule has 1 aliphatic heterocycles. The Morgan fingerprint density at radius 1 is 1.36 bits per heavy atom. The molecule has 1 N–H and O–H groups in total. The maximum atomic E-state index is 5.60. The molecule has 5 nitrogen and oxygen atoms in total. The minimum absolute atomic E-state index is 0.304. The van der Waals surface area contributed by atoms with Crippen LogP contribution in [0.25, 0.3) is 11.3 Å². The Morgan fingerprint density at radius 3 is 3.08 bits per heavy atom. The molecule has 1 aliphatic rings. The van der Waals surface area contributed by atoms with E-state index in [4.69, 9.17) is 4.52 Å². The van der Waals surface area contributed by atoms with Crippen LogP contribution in [0.15, 0.2) is 45.5 Å². The van der Waals surface area contributed by atoms with Crippen molar-refractivity contribution in [3.05, 3.63) is 58.0 Å². The largest absolute Gasteiger partial charge is 0.359 e. The number of likely N-dealkylation sites (tertiary alicyclic amines) is 1. The molecule has 1 atom stereocenters. The van der Waals surface area contributed by atoms with Crippen LogP contribution in [0.4, 0.5) is 0 Å². The topological polar surface area (TPSA) is 58.0 Å². The minimum atomic E-state index is 0.304. The molecule has 25 heavy (non-hydrogen) atoms. The highest BCUT2D eigenvalue weighted by atomic mass is 79.9. The molecule has 0 bridgehead atoms. The molecule has 0 spiro atoms. The van der Waals surface area contributed by atoms with Gasteiger partial charge in [0.05, 0.1) is 23.6 Å². The van der Waals surface area contributed by atoms with Crippen molar-refractivity contribution in [1.29, 1.82) is 0 Å². The van der Waals surface area contributed by atoms with Gasteiger partial charge in [-0.15, -0.1) is 0 Å². The highest BCUT2D eigenvalue weighted by Crippen LogP contribution is 2.35. The van der Waals surface area contributed by atoms with E-state index in [0.29, 0.717) is 6.04 Å². The number of H-pyrrole nitrogens is 1. The molecule has 4 rings (SSSR count). The van der Waals surface area contributed by atoms with Crippen molar-refractivity contribution in [3.8, 4) is 11.3 Å². The quantitative estimate of drug-likeness (QED) is 0.672. The van der Waals surface area contributed by atoms with Crippen LogP contribution < -0.4 is 0 Å². The molecular formula is C19H21BrN4O. The molecule has 0 radical (unpaired) electrons. The monoisotopic (exact) mass is 400 g/mol. The number of hydrogen-bond donors (Lipinski definition) is 1. The van der Waals surface area contributed by atoms with Crippen LogP contribution in [0.2, 0.25) is 0 Å². The number of nitrogens with zero attached hydrogens (tertiary/aromatic N) is 3. The zero-order valence-corrected chi connectivity index (χ0v) is 15.8. The summed E-state index contributed by atoms with van der Waals surface area (Å²) in [6.45, 7) is 4.02. The lowest BCUT2D eigenvalue weighted by molar-refractivity contribution is 0.206. The second kappa shape index (κ2) is 7.14. The average molecular weight is 401 g/mol. The summed E-state index contributed by atoms with van der Waals surface area (Å²) < 4.78 is 6.67. The average Bonchev–Trinajstić information content (AvgIpc) is 3.35. The predicted molar refractivity (Wildman–Crippen MR) is 100.0 cm³/mol. The standard InChI is InChI=1S/C19H21BrN4O/c1-2-16-10-18(25-23-16)17-7-4-8-24(17)12-14-11-21-22-19(14)13-5-3-6-15(20)9-13/h3,5-6,9-11,17H,2,4,7-8,12H2,1H3,(H,21,22). The van der Waals surface area contributed by atoms with Crippen molar-refractivity contribution < 1.29 is 4.52 Å². The van der Waals surface area contributed by atoms with Crippen LogP contribution in [-0.4, -0.2) is 26.8 Å². The first kappa shape index (κ1) is 16.5. The van der Waals surface area contributed by atoms with Gasteiger partial charge >= 0.3 is 0 Å². The van der Waals surface area contributed by atoms with Gasteiger partial charge in [0.1, 0.15) is 0 Å². The maximum absolute atomic E-state index is 5.60. The Labute approximate surface area is 155 Å². The number of hydrogen-bond acceptors (Lipinski definition) is 4. The van der Waals surface area contributed by atoms with Crippen LogP contribution in [0.5, 0.6) is 0 Å². The Bertz CT molecular complexity index is 856. The van der Waals surface area contributed by atoms with Gasteiger partial charge in [-0.05, 0) is 37.9 Å². The minimum Gasteiger partial charge on any atom is -0.359 e. The van der Waals surface area contributed by atoms with E-state index in [1.165, 1.54) is 12.0 Å². The van der Waals surface area contributed by atoms with E-state index in [1.807, 2.05) is 18.3 Å². The Kier molecular flexibility index (Phi) is 4.72. The van der Waals surface area contributed by atoms with Gasteiger partial charge in [-0.2, -0.15) is 5.10 Å². The van der Waals surface area contributed by atoms with Crippen molar-refractivity contribution in [2.45, 2.75) is 38.8 Å². The van der Waals surface area contributed by atoms with Crippen molar-refractivity contribution >= 4 is 15.9 Å². The normalized spacial score (nSPS) is 18.1. The second-order valence-electron chi connectivity index (χ2n) is 6.48. The number of nitrogens with one attached hydrogen (secondary N) is 1. The lowest BCUT2D eigenvalue weighted by Crippen LogP contribution is -2.22. The van der Waals surface area contributed by atoms with Crippen molar-refractivity contribution in [3.63, 3.8) is 0 Å². The van der Waals surface area contributed by atoms with Crippen LogP contribution in [0.3, 0.4) is 0 Å². The van der Waals surface area contributed by atoms with Gasteiger partial charge in [0, 0.05) is 28.2 Å². The van der Waals surface area contributed by atoms with Crippen LogP contribution >= 0.6 is 15.9 Å². The van der Waals surface area contributed by atoms with Gasteiger partial charge in [0.2, 0.25) is 0 Å². The van der Waals surface area contributed by atoms with Gasteiger partial charge in [-0.1, -0.05) is 40.1 Å². The van der Waals surface area contributed by atoms with Gasteiger partial charge in [0.25, 0.3) is 0 Å². The summed E-state index contributed by atoms with van der Waals surface area (Å²) in [6.07, 6.45) is 5.13. The number of aromatic amines is 1. The van der Waals surface area contributed by atoms with E-state index >= 15 is 0 Å². The summed E-state index contributed by atoms with van der Waals surface area (Å²) in [4.78, 5) is 2.46. The fourth-order valence-corrected chi connectivity index (χ4v) is 3.93. The summed E-state index contributed by atoms with van der Waals surface area (Å²) >= 11 is 3.55. The summed E-state index contributed by atoms with van der Waals surface area (Å²) in [5, 5.41) is 11.6. The zero-order chi connectivity index (χ0) is 17.2. The number of benzene rings is 1. The molecule has 1 unspecified atom stereocenters. The van der Waals surface area contributed by atoms with Gasteiger partial charge in [0.15, 0.2) is 5.76 Å². The predicted octanol–water partition coefficient (Wildman–Crippen LogP) is 4.73. The molecule has 2 aromatic heterocycles. The van der Waals surface area contributed by atoms with Gasteiger partial charge in [-0.3, -0.25) is 10.00 Å². The summed E-state index contributed by atoms with van der Waals surface area (Å²) in [5.74, 6) is 0.988. The molecule has 1 fully saturated rings. The van der Waals surface area contributed by atoms with E-state index in [1.54, 1.807) is 0 Å². The Balaban J connectivity index is 1.57. The van der Waals surface area contributed by atoms with E-state index in [9.17, 15) is 0 Å². The first-order chi connectivity index (χ1) is 12.2. The van der Waals surface area contributed by atoms with E-state index in [-0.39, 0.29) is 0 Å². The molecule has 1 saturated heterocycles. The molecule has 130 valence electrons. The zero-order valence-electron chi connectivity index (χ0n) is 14.2. The van der Waals surface area contributed by atoms with E-state index < -0.39 is 0 Å². The fraction of sp³-hybridized carbons (Fsp3) is 0.368. The lowest BCUT2D eigenvalue weighted by atomic mass is 10.1. The van der Waals surface area contributed by atoms with E-state index in [0.717, 1.165) is 53.1 Å². The van der Waals surface area contributed by atoms with Crippen molar-refractivity contribution in [1.82, 2.24) is 20.3 Å². The smallest absolute Gasteiger partial charge is 0.154 e. The molecular weight excluding hydrogens is 380 g/mol. The first-order valence-corrected chi connectivity index (χ1v) is 9.51. The van der Waals surface area contributed by atoms with Crippen molar-refractivity contribution in [2.75, 3.05) is 6.54 Å². The number of halogens is 1. The van der Waals surface area contributed by atoms with Crippen LogP contribution in [0, 0.1) is 0 Å². The second-order valence-corrected chi connectivity index (χ2v) is 7.40. The lowest BCUT2D eigenvalue weighted by Gasteiger charge is -2.22. The summed E-state index contributed by atoms with van der Waals surface area (Å²) in [6, 6.07) is 10.7. The van der Waals surface area contributed by atoms with Crippen molar-refractivity contribution in [2.24, 2.45) is 0 Å². The molecule has 3 heterocycles. The Morgan fingerprint density at radius 2 is 2.28 bits per heavy atom. The SMILES string of the molecule is CCc1cc(C2CCCN2Cc2cn[nH]c2-c2cccc(Br)c2)on1. The van der Waals surface area contributed by atoms with E-state index in [2.05, 4.69) is 61.3 Å². The van der Waals surface area contributed by atoms with Crippen LogP contribution in [0.1, 0.15) is 42.8 Å². The third-order valence-corrected chi connectivity index (χ3v) is 5.33. The Hall–Kier alpha value is -1.92. The fourth-order valence-electron chi connectivity index (χ4n) is 3.53. The molecule has 6 heteroatoms. The third kappa shape index (κ3) is 3.41. The summed E-state index contributed by atoms with van der Waals surface area (Å²) in [7, 11) is 0. The molecule has 1 aromatic carbocycles. The summed E-state index contributed by atoms with van der Waals surface area (Å²) in [5.41, 5.74) is 4.46.